The van der Waals surface area contributed by atoms with Crippen molar-refractivity contribution in [3.63, 3.8) is 0 Å². The highest BCUT2D eigenvalue weighted by atomic mass is 16.2. The first-order valence-electron chi connectivity index (χ1n) is 5.25. The van der Waals surface area contributed by atoms with E-state index >= 15 is 0 Å². The molecule has 3 N–H and O–H groups in total. The van der Waals surface area contributed by atoms with Gasteiger partial charge in [0.05, 0.1) is 0 Å². The predicted octanol–water partition coefficient (Wildman–Crippen LogP) is 1.28. The lowest BCUT2D eigenvalue weighted by Gasteiger charge is -2.23. The minimum Gasteiger partial charge on any atom is -0.326 e. The molecule has 1 aromatic rings. The minimum atomic E-state index is 0.0919. The summed E-state index contributed by atoms with van der Waals surface area (Å²) in [5, 5.41) is 2.80. The van der Waals surface area contributed by atoms with Crippen LogP contribution in [-0.4, -0.2) is 10.9 Å². The first kappa shape index (κ1) is 10.1. The van der Waals surface area contributed by atoms with Crippen LogP contribution in [0.3, 0.4) is 0 Å². The molecule has 1 amide bonds. The average molecular weight is 205 g/mol. The van der Waals surface area contributed by atoms with Crippen molar-refractivity contribution in [2.75, 3.05) is 5.32 Å². The standard InChI is InChI=1S/C11H15N3O/c12-6-8-4-5-10(13-7-8)14-11(15)9-2-1-3-9/h4-5,7,9H,1-3,6,12H2,(H,13,14,15). The van der Waals surface area contributed by atoms with E-state index in [9.17, 15) is 4.79 Å². The maximum atomic E-state index is 11.6. The number of carbonyl (C=O) groups excluding carboxylic acids is 1. The Labute approximate surface area is 88.9 Å². The van der Waals surface area contributed by atoms with Crippen LogP contribution in [0.4, 0.5) is 5.82 Å². The number of rotatable bonds is 3. The van der Waals surface area contributed by atoms with Gasteiger partial charge >= 0.3 is 0 Å². The third-order valence-electron chi connectivity index (χ3n) is 2.79. The number of hydrogen-bond donors (Lipinski definition) is 2. The van der Waals surface area contributed by atoms with Crippen molar-refractivity contribution < 1.29 is 4.79 Å². The molecule has 0 unspecified atom stereocenters. The topological polar surface area (TPSA) is 68.0 Å². The van der Waals surface area contributed by atoms with Crippen LogP contribution in [0.2, 0.25) is 0 Å². The van der Waals surface area contributed by atoms with Crippen molar-refractivity contribution in [3.8, 4) is 0 Å². The molecular weight excluding hydrogens is 190 g/mol. The van der Waals surface area contributed by atoms with Crippen LogP contribution < -0.4 is 11.1 Å². The van der Waals surface area contributed by atoms with E-state index in [1.165, 1.54) is 0 Å². The number of nitrogens with zero attached hydrogens (tertiary/aromatic N) is 1. The third kappa shape index (κ3) is 2.33. The van der Waals surface area contributed by atoms with Gasteiger partial charge < -0.3 is 11.1 Å². The van der Waals surface area contributed by atoms with Gasteiger partial charge in [-0.1, -0.05) is 12.5 Å². The van der Waals surface area contributed by atoms with Gasteiger partial charge in [-0.05, 0) is 24.5 Å². The van der Waals surface area contributed by atoms with Gasteiger partial charge in [0, 0.05) is 18.7 Å². The van der Waals surface area contributed by atoms with Crippen molar-refractivity contribution in [3.05, 3.63) is 23.9 Å². The van der Waals surface area contributed by atoms with E-state index in [0.717, 1.165) is 24.8 Å². The van der Waals surface area contributed by atoms with Gasteiger partial charge in [-0.3, -0.25) is 4.79 Å². The predicted molar refractivity (Wildman–Crippen MR) is 58.1 cm³/mol. The maximum Gasteiger partial charge on any atom is 0.228 e. The second kappa shape index (κ2) is 4.40. The van der Waals surface area contributed by atoms with Crippen LogP contribution in [0.5, 0.6) is 0 Å². The molecule has 1 aliphatic carbocycles. The zero-order chi connectivity index (χ0) is 10.7. The molecule has 0 bridgehead atoms. The Bertz CT molecular complexity index is 343. The fourth-order valence-corrected chi connectivity index (χ4v) is 1.52. The van der Waals surface area contributed by atoms with E-state index in [0.29, 0.717) is 12.4 Å². The lowest BCUT2D eigenvalue weighted by molar-refractivity contribution is -0.122. The summed E-state index contributed by atoms with van der Waals surface area (Å²) in [6.07, 6.45) is 4.87. The lowest BCUT2D eigenvalue weighted by Crippen LogP contribution is -2.28. The number of nitrogens with two attached hydrogens (primary N) is 1. The summed E-state index contributed by atoms with van der Waals surface area (Å²) in [5.74, 6) is 0.902. The highest BCUT2D eigenvalue weighted by molar-refractivity contribution is 5.92. The van der Waals surface area contributed by atoms with Gasteiger partial charge in [0.1, 0.15) is 5.82 Å². The Hall–Kier alpha value is -1.42. The molecule has 0 spiro atoms. The van der Waals surface area contributed by atoms with Crippen LogP contribution in [0.25, 0.3) is 0 Å². The molecule has 1 saturated carbocycles. The second-order valence-electron chi connectivity index (χ2n) is 3.87. The summed E-state index contributed by atoms with van der Waals surface area (Å²) >= 11 is 0. The molecule has 0 aromatic carbocycles. The second-order valence-corrected chi connectivity index (χ2v) is 3.87. The van der Waals surface area contributed by atoms with E-state index < -0.39 is 0 Å². The molecule has 1 aliphatic rings. The highest BCUT2D eigenvalue weighted by Gasteiger charge is 2.25. The van der Waals surface area contributed by atoms with Crippen LogP contribution in [0.1, 0.15) is 24.8 Å². The molecule has 1 fully saturated rings. The van der Waals surface area contributed by atoms with Gasteiger partial charge in [0.25, 0.3) is 0 Å². The van der Waals surface area contributed by atoms with E-state index in [1.54, 1.807) is 12.3 Å². The van der Waals surface area contributed by atoms with Gasteiger partial charge in [0.2, 0.25) is 5.91 Å². The number of hydrogen-bond acceptors (Lipinski definition) is 3. The molecule has 4 nitrogen and oxygen atoms in total. The molecule has 1 heterocycles. The van der Waals surface area contributed by atoms with Crippen LogP contribution in [0, 0.1) is 5.92 Å². The van der Waals surface area contributed by atoms with Crippen molar-refractivity contribution >= 4 is 11.7 Å². The first-order chi connectivity index (χ1) is 7.29. The van der Waals surface area contributed by atoms with Gasteiger partial charge in [0.15, 0.2) is 0 Å². The molecule has 15 heavy (non-hydrogen) atoms. The van der Waals surface area contributed by atoms with Crippen LogP contribution in [-0.2, 0) is 11.3 Å². The molecule has 0 atom stereocenters. The van der Waals surface area contributed by atoms with Crippen molar-refractivity contribution in [2.24, 2.45) is 11.7 Å². The lowest BCUT2D eigenvalue weighted by atomic mass is 9.85. The zero-order valence-corrected chi connectivity index (χ0v) is 8.57. The molecule has 0 aliphatic heterocycles. The number of amides is 1. The number of nitrogens with one attached hydrogen (secondary N) is 1. The number of aromatic nitrogens is 1. The number of anilines is 1. The number of carbonyl (C=O) groups is 1. The molecule has 1 aromatic heterocycles. The molecule has 0 radical (unpaired) electrons. The Morgan fingerprint density at radius 2 is 2.33 bits per heavy atom. The summed E-state index contributed by atoms with van der Waals surface area (Å²) < 4.78 is 0. The molecule has 80 valence electrons. The first-order valence-corrected chi connectivity index (χ1v) is 5.25. The van der Waals surface area contributed by atoms with E-state index in [2.05, 4.69) is 10.3 Å². The van der Waals surface area contributed by atoms with Crippen LogP contribution in [0.15, 0.2) is 18.3 Å². The zero-order valence-electron chi connectivity index (χ0n) is 8.57. The summed E-state index contributed by atoms with van der Waals surface area (Å²) in [6.45, 7) is 0.476. The van der Waals surface area contributed by atoms with Crippen LogP contribution >= 0.6 is 0 Å². The average Bonchev–Trinajstić information content (AvgIpc) is 2.16. The highest BCUT2D eigenvalue weighted by Crippen LogP contribution is 2.27. The smallest absolute Gasteiger partial charge is 0.228 e. The van der Waals surface area contributed by atoms with Gasteiger partial charge in [-0.15, -0.1) is 0 Å². The van der Waals surface area contributed by atoms with Crippen molar-refractivity contribution in [1.29, 1.82) is 0 Å². The molecular formula is C11H15N3O. The number of pyridine rings is 1. The third-order valence-corrected chi connectivity index (χ3v) is 2.79. The quantitative estimate of drug-likeness (QED) is 0.781. The SMILES string of the molecule is NCc1ccc(NC(=O)C2CCC2)nc1. The summed E-state index contributed by atoms with van der Waals surface area (Å²) in [7, 11) is 0. The fourth-order valence-electron chi connectivity index (χ4n) is 1.52. The summed E-state index contributed by atoms with van der Waals surface area (Å²) in [6, 6.07) is 3.67. The summed E-state index contributed by atoms with van der Waals surface area (Å²) in [5.41, 5.74) is 6.42. The van der Waals surface area contributed by atoms with Crippen molar-refractivity contribution in [2.45, 2.75) is 25.8 Å². The maximum absolute atomic E-state index is 11.6. The van der Waals surface area contributed by atoms with E-state index in [-0.39, 0.29) is 11.8 Å². The fraction of sp³-hybridized carbons (Fsp3) is 0.455. The Kier molecular flexibility index (Phi) is 2.97. The molecule has 4 heteroatoms. The Morgan fingerprint density at radius 1 is 1.53 bits per heavy atom. The van der Waals surface area contributed by atoms with E-state index in [4.69, 9.17) is 5.73 Å². The monoisotopic (exact) mass is 205 g/mol. The van der Waals surface area contributed by atoms with E-state index in [1.807, 2.05) is 6.07 Å². The van der Waals surface area contributed by atoms with Crippen molar-refractivity contribution in [1.82, 2.24) is 4.98 Å². The molecule has 2 rings (SSSR count). The Morgan fingerprint density at radius 3 is 2.80 bits per heavy atom. The van der Waals surface area contributed by atoms with Gasteiger partial charge in [-0.25, -0.2) is 4.98 Å². The normalized spacial score (nSPS) is 15.8. The Balaban J connectivity index is 1.94. The molecule has 0 saturated heterocycles. The van der Waals surface area contributed by atoms with Gasteiger partial charge in [-0.2, -0.15) is 0 Å². The summed E-state index contributed by atoms with van der Waals surface area (Å²) in [4.78, 5) is 15.7. The largest absolute Gasteiger partial charge is 0.326 e. The minimum absolute atomic E-state index is 0.0919.